The molecule has 56 valence electrons. The molecule has 0 rings (SSSR count). The zero-order valence-electron chi connectivity index (χ0n) is 5.92. The summed E-state index contributed by atoms with van der Waals surface area (Å²) in [6, 6.07) is 0. The second-order valence-corrected chi connectivity index (χ2v) is 2.29. The minimum atomic E-state index is -0.561. The van der Waals surface area contributed by atoms with Crippen molar-refractivity contribution in [3.63, 3.8) is 0 Å². The van der Waals surface area contributed by atoms with Crippen LogP contribution in [-0.4, -0.2) is 36.1 Å². The molecule has 0 aromatic carbocycles. The number of aliphatic hydroxyl groups excluding tert-OH is 2. The highest BCUT2D eigenvalue weighted by Gasteiger charge is 2.20. The van der Waals surface area contributed by atoms with Crippen molar-refractivity contribution in [2.24, 2.45) is 0 Å². The fraction of sp³-hybridized carbons (Fsp3) is 1.00. The molecule has 0 aliphatic heterocycles. The third-order valence-corrected chi connectivity index (χ3v) is 1.47. The van der Waals surface area contributed by atoms with Gasteiger partial charge in [0.2, 0.25) is 0 Å². The van der Waals surface area contributed by atoms with Crippen molar-refractivity contribution in [2.45, 2.75) is 18.9 Å². The molecule has 0 spiro atoms. The predicted molar refractivity (Wildman–Crippen MR) is 34.2 cm³/mol. The molecule has 2 N–H and O–H groups in total. The Bertz CT molecular complexity index is 68.7. The van der Waals surface area contributed by atoms with Gasteiger partial charge in [0.15, 0.2) is 0 Å². The Morgan fingerprint density at radius 1 is 1.44 bits per heavy atom. The van der Waals surface area contributed by atoms with Crippen molar-refractivity contribution in [2.75, 3.05) is 20.3 Å². The molecule has 0 radical (unpaired) electrons. The molecule has 0 fully saturated rings. The van der Waals surface area contributed by atoms with Crippen molar-refractivity contribution in [3.05, 3.63) is 0 Å². The average molecular weight is 134 g/mol. The molecule has 0 saturated heterocycles. The lowest BCUT2D eigenvalue weighted by Gasteiger charge is -2.23. The largest absolute Gasteiger partial charge is 0.396 e. The van der Waals surface area contributed by atoms with Crippen LogP contribution in [0.15, 0.2) is 0 Å². The highest BCUT2D eigenvalue weighted by atomic mass is 16.5. The number of aliphatic hydroxyl groups is 2. The van der Waals surface area contributed by atoms with E-state index in [4.69, 9.17) is 14.9 Å². The number of hydrogen-bond donors (Lipinski definition) is 2. The van der Waals surface area contributed by atoms with E-state index in [0.717, 1.165) is 0 Å². The Hall–Kier alpha value is -0.120. The lowest BCUT2D eigenvalue weighted by Crippen LogP contribution is -2.32. The molecule has 0 heterocycles. The maximum atomic E-state index is 8.68. The summed E-state index contributed by atoms with van der Waals surface area (Å²) in [5.41, 5.74) is -0.561. The van der Waals surface area contributed by atoms with E-state index in [1.807, 2.05) is 0 Å². The van der Waals surface area contributed by atoms with Crippen LogP contribution in [0.1, 0.15) is 13.3 Å². The monoisotopic (exact) mass is 134 g/mol. The normalized spacial score (nSPS) is 17.3. The number of ether oxygens (including phenoxy) is 1. The maximum Gasteiger partial charge on any atom is 0.0902 e. The summed E-state index contributed by atoms with van der Waals surface area (Å²) in [6.45, 7) is 1.75. The third kappa shape index (κ3) is 2.79. The summed E-state index contributed by atoms with van der Waals surface area (Å²) >= 11 is 0. The van der Waals surface area contributed by atoms with Crippen LogP contribution < -0.4 is 0 Å². The average Bonchev–Trinajstić information content (AvgIpc) is 1.89. The maximum absolute atomic E-state index is 8.68. The first kappa shape index (κ1) is 8.88. The van der Waals surface area contributed by atoms with Crippen LogP contribution in [0.3, 0.4) is 0 Å². The lowest BCUT2D eigenvalue weighted by atomic mass is 10.0. The van der Waals surface area contributed by atoms with Gasteiger partial charge in [-0.15, -0.1) is 0 Å². The first-order valence-electron chi connectivity index (χ1n) is 2.95. The highest BCUT2D eigenvalue weighted by molar-refractivity contribution is 4.71. The summed E-state index contributed by atoms with van der Waals surface area (Å²) in [6.07, 6.45) is 0.472. The van der Waals surface area contributed by atoms with E-state index < -0.39 is 5.60 Å². The van der Waals surface area contributed by atoms with Gasteiger partial charge < -0.3 is 14.9 Å². The molecular weight excluding hydrogens is 120 g/mol. The second-order valence-electron chi connectivity index (χ2n) is 2.29. The van der Waals surface area contributed by atoms with Crippen molar-refractivity contribution in [3.8, 4) is 0 Å². The molecule has 0 bridgehead atoms. The Morgan fingerprint density at radius 3 is 2.11 bits per heavy atom. The zero-order chi connectivity index (χ0) is 7.33. The topological polar surface area (TPSA) is 49.7 Å². The standard InChI is InChI=1S/C6H14O3/c1-6(5-8,9-2)3-4-7/h7-8H,3-5H2,1-2H3. The summed E-state index contributed by atoms with van der Waals surface area (Å²) in [4.78, 5) is 0. The van der Waals surface area contributed by atoms with E-state index in [1.54, 1.807) is 6.92 Å². The van der Waals surface area contributed by atoms with E-state index in [0.29, 0.717) is 6.42 Å². The van der Waals surface area contributed by atoms with Gasteiger partial charge in [-0.1, -0.05) is 0 Å². The number of methoxy groups -OCH3 is 1. The van der Waals surface area contributed by atoms with Crippen LogP contribution >= 0.6 is 0 Å². The smallest absolute Gasteiger partial charge is 0.0902 e. The fourth-order valence-electron chi connectivity index (χ4n) is 0.482. The van der Waals surface area contributed by atoms with Crippen molar-refractivity contribution >= 4 is 0 Å². The summed E-state index contributed by atoms with van der Waals surface area (Å²) in [7, 11) is 1.52. The number of hydrogen-bond acceptors (Lipinski definition) is 3. The Balaban J connectivity index is 3.62. The van der Waals surface area contributed by atoms with Gasteiger partial charge in [0, 0.05) is 20.1 Å². The van der Waals surface area contributed by atoms with Crippen LogP contribution in [0, 0.1) is 0 Å². The van der Waals surface area contributed by atoms with Gasteiger partial charge in [0.25, 0.3) is 0 Å². The second kappa shape index (κ2) is 3.82. The predicted octanol–water partition coefficient (Wildman–Crippen LogP) is -0.234. The molecule has 0 amide bonds. The van der Waals surface area contributed by atoms with Crippen LogP contribution in [-0.2, 0) is 4.74 Å². The van der Waals surface area contributed by atoms with E-state index >= 15 is 0 Å². The summed E-state index contributed by atoms with van der Waals surface area (Å²) in [5, 5.41) is 17.2. The van der Waals surface area contributed by atoms with Gasteiger partial charge in [0.1, 0.15) is 0 Å². The molecule has 1 unspecified atom stereocenters. The molecule has 0 aromatic rings. The molecule has 0 aliphatic rings. The minimum absolute atomic E-state index is 0.0465. The van der Waals surface area contributed by atoms with E-state index in [1.165, 1.54) is 7.11 Å². The fourth-order valence-corrected chi connectivity index (χ4v) is 0.482. The summed E-state index contributed by atoms with van der Waals surface area (Å²) in [5.74, 6) is 0. The third-order valence-electron chi connectivity index (χ3n) is 1.47. The molecule has 1 atom stereocenters. The first-order chi connectivity index (χ1) is 4.18. The van der Waals surface area contributed by atoms with E-state index in [2.05, 4.69) is 0 Å². The highest BCUT2D eigenvalue weighted by Crippen LogP contribution is 2.11. The van der Waals surface area contributed by atoms with Gasteiger partial charge in [-0.3, -0.25) is 0 Å². The lowest BCUT2D eigenvalue weighted by molar-refractivity contribution is -0.0516. The van der Waals surface area contributed by atoms with Gasteiger partial charge in [0.05, 0.1) is 12.2 Å². The van der Waals surface area contributed by atoms with Gasteiger partial charge in [-0.25, -0.2) is 0 Å². The van der Waals surface area contributed by atoms with Crippen molar-refractivity contribution in [1.82, 2.24) is 0 Å². The molecule has 0 saturated carbocycles. The van der Waals surface area contributed by atoms with Gasteiger partial charge in [-0.2, -0.15) is 0 Å². The van der Waals surface area contributed by atoms with Crippen molar-refractivity contribution in [1.29, 1.82) is 0 Å². The zero-order valence-corrected chi connectivity index (χ0v) is 5.92. The molecule has 9 heavy (non-hydrogen) atoms. The van der Waals surface area contributed by atoms with Crippen molar-refractivity contribution < 1.29 is 14.9 Å². The molecule has 0 aromatic heterocycles. The molecule has 0 aliphatic carbocycles. The van der Waals surface area contributed by atoms with Gasteiger partial charge in [-0.05, 0) is 6.92 Å². The van der Waals surface area contributed by atoms with Crippen LogP contribution in [0.5, 0.6) is 0 Å². The van der Waals surface area contributed by atoms with Crippen LogP contribution in [0.25, 0.3) is 0 Å². The molecule has 3 heteroatoms. The van der Waals surface area contributed by atoms with Crippen LogP contribution in [0.2, 0.25) is 0 Å². The quantitative estimate of drug-likeness (QED) is 0.558. The Kier molecular flexibility index (Phi) is 3.77. The molecule has 3 nitrogen and oxygen atoms in total. The minimum Gasteiger partial charge on any atom is -0.396 e. The van der Waals surface area contributed by atoms with Crippen LogP contribution in [0.4, 0.5) is 0 Å². The van der Waals surface area contributed by atoms with E-state index in [9.17, 15) is 0 Å². The first-order valence-corrected chi connectivity index (χ1v) is 2.95. The number of rotatable bonds is 4. The van der Waals surface area contributed by atoms with Gasteiger partial charge >= 0.3 is 0 Å². The Morgan fingerprint density at radius 2 is 2.00 bits per heavy atom. The summed E-state index contributed by atoms with van der Waals surface area (Å²) < 4.78 is 4.92. The SMILES string of the molecule is COC(C)(CO)CCO. The Labute approximate surface area is 55.3 Å². The molecular formula is C6H14O3. The van der Waals surface area contributed by atoms with E-state index in [-0.39, 0.29) is 13.2 Å².